The molecule has 0 unspecified atom stereocenters. The Kier molecular flexibility index (Phi) is 6.65. The first-order valence-electron chi connectivity index (χ1n) is 10.0. The van der Waals surface area contributed by atoms with E-state index in [1.165, 1.54) is 0 Å². The topological polar surface area (TPSA) is 78.5 Å². The van der Waals surface area contributed by atoms with Crippen molar-refractivity contribution in [3.63, 3.8) is 0 Å². The first-order valence-corrected chi connectivity index (χ1v) is 10.0. The summed E-state index contributed by atoms with van der Waals surface area (Å²) in [6.45, 7) is 4.98. The molecule has 6 nitrogen and oxygen atoms in total. The van der Waals surface area contributed by atoms with Gasteiger partial charge in [0.2, 0.25) is 11.8 Å². The van der Waals surface area contributed by atoms with Crippen molar-refractivity contribution in [2.75, 3.05) is 23.3 Å². The summed E-state index contributed by atoms with van der Waals surface area (Å²) in [6.07, 6.45) is 2.05. The lowest BCUT2D eigenvalue weighted by Gasteiger charge is -2.17. The van der Waals surface area contributed by atoms with Gasteiger partial charge in [0.05, 0.1) is 17.2 Å². The molecule has 2 aromatic carbocycles. The van der Waals surface area contributed by atoms with Gasteiger partial charge in [-0.15, -0.1) is 0 Å². The van der Waals surface area contributed by atoms with Gasteiger partial charge in [-0.3, -0.25) is 14.4 Å². The maximum Gasteiger partial charge on any atom is 0.253 e. The van der Waals surface area contributed by atoms with Crippen molar-refractivity contribution in [2.45, 2.75) is 33.1 Å². The second-order valence-electron chi connectivity index (χ2n) is 7.39. The van der Waals surface area contributed by atoms with Gasteiger partial charge in [0.25, 0.3) is 5.91 Å². The Morgan fingerprint density at radius 1 is 1.10 bits per heavy atom. The number of unbranched alkanes of at least 4 members (excludes halogenated alkanes) is 1. The van der Waals surface area contributed by atoms with Crippen LogP contribution in [0.5, 0.6) is 0 Å². The molecule has 3 amide bonds. The zero-order valence-corrected chi connectivity index (χ0v) is 16.9. The summed E-state index contributed by atoms with van der Waals surface area (Å²) in [5.41, 5.74) is 2.81. The number of carbonyl (C=O) groups is 3. The molecule has 0 aliphatic carbocycles. The number of aryl methyl sites for hydroxylation is 1. The normalized spacial score (nSPS) is 16.0. The molecule has 29 heavy (non-hydrogen) atoms. The molecule has 0 spiro atoms. The summed E-state index contributed by atoms with van der Waals surface area (Å²) in [5, 5.41) is 5.72. The number of hydrogen-bond acceptors (Lipinski definition) is 3. The molecule has 2 aromatic rings. The van der Waals surface area contributed by atoms with Gasteiger partial charge in [0, 0.05) is 25.2 Å². The van der Waals surface area contributed by atoms with E-state index in [0.717, 1.165) is 24.1 Å². The molecule has 1 fully saturated rings. The van der Waals surface area contributed by atoms with Crippen LogP contribution in [0.15, 0.2) is 48.5 Å². The van der Waals surface area contributed by atoms with Crippen molar-refractivity contribution in [2.24, 2.45) is 5.92 Å². The van der Waals surface area contributed by atoms with E-state index in [1.54, 1.807) is 29.2 Å². The highest BCUT2D eigenvalue weighted by molar-refractivity contribution is 6.07. The van der Waals surface area contributed by atoms with Crippen molar-refractivity contribution >= 4 is 29.1 Å². The van der Waals surface area contributed by atoms with Crippen LogP contribution in [-0.2, 0) is 9.59 Å². The summed E-state index contributed by atoms with van der Waals surface area (Å²) in [5.74, 6) is -0.987. The van der Waals surface area contributed by atoms with E-state index in [1.807, 2.05) is 31.2 Å². The van der Waals surface area contributed by atoms with E-state index in [9.17, 15) is 14.4 Å². The predicted octanol–water partition coefficient (Wildman–Crippen LogP) is 3.52. The number of nitrogens with one attached hydrogen (secondary N) is 2. The van der Waals surface area contributed by atoms with Crippen LogP contribution < -0.4 is 15.5 Å². The van der Waals surface area contributed by atoms with E-state index in [-0.39, 0.29) is 24.1 Å². The van der Waals surface area contributed by atoms with Gasteiger partial charge in [0.15, 0.2) is 0 Å². The van der Waals surface area contributed by atoms with Gasteiger partial charge in [-0.25, -0.2) is 0 Å². The third-order valence-electron chi connectivity index (χ3n) is 5.09. The highest BCUT2D eigenvalue weighted by Gasteiger charge is 2.35. The van der Waals surface area contributed by atoms with E-state index >= 15 is 0 Å². The third kappa shape index (κ3) is 5.02. The minimum atomic E-state index is -0.458. The van der Waals surface area contributed by atoms with Gasteiger partial charge in [-0.2, -0.15) is 0 Å². The molecule has 1 aliphatic heterocycles. The molecule has 152 valence electrons. The van der Waals surface area contributed by atoms with Crippen molar-refractivity contribution in [1.82, 2.24) is 5.32 Å². The van der Waals surface area contributed by atoms with Gasteiger partial charge < -0.3 is 15.5 Å². The molecule has 1 saturated heterocycles. The molecule has 0 radical (unpaired) electrons. The molecule has 0 bridgehead atoms. The Bertz CT molecular complexity index is 892. The highest BCUT2D eigenvalue weighted by Crippen LogP contribution is 2.27. The first kappa shape index (κ1) is 20.6. The number of hydrogen-bond donors (Lipinski definition) is 2. The lowest BCUT2D eigenvalue weighted by molar-refractivity contribution is -0.122. The van der Waals surface area contributed by atoms with Crippen LogP contribution in [0, 0.1) is 12.8 Å². The van der Waals surface area contributed by atoms with Crippen LogP contribution in [0.1, 0.15) is 42.1 Å². The third-order valence-corrected chi connectivity index (χ3v) is 5.09. The molecular formula is C23H27N3O3. The van der Waals surface area contributed by atoms with E-state index in [4.69, 9.17) is 0 Å². The summed E-state index contributed by atoms with van der Waals surface area (Å²) in [6, 6.07) is 14.6. The maximum absolute atomic E-state index is 12.8. The van der Waals surface area contributed by atoms with Crippen LogP contribution >= 0.6 is 0 Å². The molecule has 6 heteroatoms. The minimum absolute atomic E-state index is 0.0698. The second-order valence-corrected chi connectivity index (χ2v) is 7.39. The minimum Gasteiger partial charge on any atom is -0.352 e. The fourth-order valence-corrected chi connectivity index (χ4v) is 3.36. The van der Waals surface area contributed by atoms with Gasteiger partial charge in [0.1, 0.15) is 0 Å². The maximum atomic E-state index is 12.8. The number of benzene rings is 2. The number of amides is 3. The Balaban J connectivity index is 1.67. The number of anilines is 2. The van der Waals surface area contributed by atoms with Gasteiger partial charge in [-0.05, 0) is 37.6 Å². The zero-order valence-electron chi connectivity index (χ0n) is 16.9. The fourth-order valence-electron chi connectivity index (χ4n) is 3.36. The monoisotopic (exact) mass is 393 g/mol. The quantitative estimate of drug-likeness (QED) is 0.707. The van der Waals surface area contributed by atoms with E-state index in [0.29, 0.717) is 24.3 Å². The van der Waals surface area contributed by atoms with Crippen LogP contribution in [0.4, 0.5) is 11.4 Å². The first-order chi connectivity index (χ1) is 14.0. The average Bonchev–Trinajstić information content (AvgIpc) is 3.11. The zero-order chi connectivity index (χ0) is 20.8. The van der Waals surface area contributed by atoms with Crippen molar-refractivity contribution in [3.05, 3.63) is 59.7 Å². The molecule has 1 atom stereocenters. The molecular weight excluding hydrogens is 366 g/mol. The summed E-state index contributed by atoms with van der Waals surface area (Å²) in [4.78, 5) is 39.3. The van der Waals surface area contributed by atoms with Crippen LogP contribution in [0.25, 0.3) is 0 Å². The van der Waals surface area contributed by atoms with Gasteiger partial charge in [-0.1, -0.05) is 43.2 Å². The van der Waals surface area contributed by atoms with E-state index < -0.39 is 5.92 Å². The van der Waals surface area contributed by atoms with Crippen LogP contribution in [0.3, 0.4) is 0 Å². The lowest BCUT2D eigenvalue weighted by atomic mass is 10.1. The SMILES string of the molecule is CCCCNC(=O)c1ccccc1NC(=O)[C@@H]1CC(=O)N(c2ccc(C)cc2)C1. The largest absolute Gasteiger partial charge is 0.352 e. The smallest absolute Gasteiger partial charge is 0.253 e. The Morgan fingerprint density at radius 2 is 1.83 bits per heavy atom. The number of nitrogens with zero attached hydrogens (tertiary/aromatic N) is 1. The molecule has 2 N–H and O–H groups in total. The van der Waals surface area contributed by atoms with Gasteiger partial charge >= 0.3 is 0 Å². The number of carbonyl (C=O) groups excluding carboxylic acids is 3. The molecule has 0 saturated carbocycles. The van der Waals surface area contributed by atoms with Crippen LogP contribution in [0.2, 0.25) is 0 Å². The Morgan fingerprint density at radius 3 is 2.55 bits per heavy atom. The average molecular weight is 393 g/mol. The Labute approximate surface area is 171 Å². The molecule has 1 heterocycles. The van der Waals surface area contributed by atoms with E-state index in [2.05, 4.69) is 17.6 Å². The predicted molar refractivity (Wildman–Crippen MR) is 114 cm³/mol. The number of para-hydroxylation sites is 1. The summed E-state index contributed by atoms with van der Waals surface area (Å²) in [7, 11) is 0. The lowest BCUT2D eigenvalue weighted by Crippen LogP contribution is -2.29. The standard InChI is InChI=1S/C23H27N3O3/c1-3-4-13-24-23(29)19-7-5-6-8-20(19)25-22(28)17-14-21(27)26(15-17)18-11-9-16(2)10-12-18/h5-12,17H,3-4,13-15H2,1-2H3,(H,24,29)(H,25,28)/t17-/m1/s1. The molecule has 0 aromatic heterocycles. The van der Waals surface area contributed by atoms with Crippen molar-refractivity contribution < 1.29 is 14.4 Å². The van der Waals surface area contributed by atoms with Crippen LogP contribution in [-0.4, -0.2) is 30.8 Å². The fraction of sp³-hybridized carbons (Fsp3) is 0.348. The summed E-state index contributed by atoms with van der Waals surface area (Å²) < 4.78 is 0. The van der Waals surface area contributed by atoms with Crippen molar-refractivity contribution in [1.29, 1.82) is 0 Å². The highest BCUT2D eigenvalue weighted by atomic mass is 16.2. The number of rotatable bonds is 7. The summed E-state index contributed by atoms with van der Waals surface area (Å²) >= 11 is 0. The van der Waals surface area contributed by atoms with Crippen molar-refractivity contribution in [3.8, 4) is 0 Å². The molecule has 1 aliphatic rings. The molecule has 3 rings (SSSR count). The Hall–Kier alpha value is -3.15. The second kappa shape index (κ2) is 9.37.